The van der Waals surface area contributed by atoms with Gasteiger partial charge >= 0.3 is 6.08 Å². The highest BCUT2D eigenvalue weighted by Gasteiger charge is 2.26. The van der Waals surface area contributed by atoms with Crippen LogP contribution in [-0.4, -0.2) is 57.5 Å². The van der Waals surface area contributed by atoms with Gasteiger partial charge in [-0.1, -0.05) is 25.1 Å². The summed E-state index contributed by atoms with van der Waals surface area (Å²) >= 11 is 0. The zero-order chi connectivity index (χ0) is 23.5. The number of para-hydroxylation sites is 1. The number of nitrogens with zero attached hydrogens (tertiary/aromatic N) is 5. The number of ether oxygens (including phenoxy) is 2. The largest absolute Gasteiger partial charge is 0.457 e. The minimum atomic E-state index is -0.871. The Morgan fingerprint density at radius 1 is 1.09 bits per heavy atom. The highest BCUT2D eigenvalue weighted by atomic mass is 19.1. The first-order chi connectivity index (χ1) is 16.6. The third-order valence-corrected chi connectivity index (χ3v) is 5.88. The van der Waals surface area contributed by atoms with Gasteiger partial charge < -0.3 is 15.2 Å². The number of rotatable bonds is 6. The molecule has 3 heterocycles. The first kappa shape index (κ1) is 22.2. The van der Waals surface area contributed by atoms with Crippen LogP contribution in [0.4, 0.5) is 10.2 Å². The van der Waals surface area contributed by atoms with Gasteiger partial charge in [0.05, 0.1) is 24.6 Å². The molecule has 0 amide bonds. The Kier molecular flexibility index (Phi) is 6.37. The second kappa shape index (κ2) is 9.74. The van der Waals surface area contributed by atoms with Crippen LogP contribution < -0.4 is 10.5 Å². The number of fused-ring (bicyclic) bond motifs is 1. The molecule has 2 N–H and O–H groups in total. The lowest BCUT2D eigenvalue weighted by molar-refractivity contribution is 0.122. The molecule has 1 fully saturated rings. The summed E-state index contributed by atoms with van der Waals surface area (Å²) in [5.41, 5.74) is 7.95. The summed E-state index contributed by atoms with van der Waals surface area (Å²) < 4.78 is 27.7. The Bertz CT molecular complexity index is 1260. The average molecular weight is 463 g/mol. The van der Waals surface area contributed by atoms with E-state index in [0.717, 1.165) is 37.4 Å². The van der Waals surface area contributed by atoms with Gasteiger partial charge in [0.15, 0.2) is 5.65 Å². The maximum atomic E-state index is 14.2. The smallest absolute Gasteiger partial charge is 0.312 e. The number of nitrogens with two attached hydrogens (primary N) is 1. The van der Waals surface area contributed by atoms with E-state index in [1.807, 2.05) is 54.6 Å². The Morgan fingerprint density at radius 2 is 1.85 bits per heavy atom. The second-order valence-electron chi connectivity index (χ2n) is 8.34. The third-order valence-electron chi connectivity index (χ3n) is 5.88. The highest BCUT2D eigenvalue weighted by Crippen LogP contribution is 2.34. The summed E-state index contributed by atoms with van der Waals surface area (Å²) in [6, 6.07) is 17.0. The number of anilines is 1. The minimum Gasteiger partial charge on any atom is -0.457 e. The first-order valence-electron chi connectivity index (χ1n) is 11.5. The van der Waals surface area contributed by atoms with E-state index in [1.54, 1.807) is 4.68 Å². The van der Waals surface area contributed by atoms with Crippen molar-refractivity contribution < 1.29 is 13.9 Å². The molecule has 0 saturated carbocycles. The first-order valence-corrected chi connectivity index (χ1v) is 11.5. The van der Waals surface area contributed by atoms with Crippen LogP contribution in [0.2, 0.25) is 0 Å². The van der Waals surface area contributed by atoms with Crippen LogP contribution in [0.15, 0.2) is 54.6 Å². The lowest BCUT2D eigenvalue weighted by atomic mass is 10.1. The van der Waals surface area contributed by atoms with Crippen molar-refractivity contribution in [3.8, 4) is 22.8 Å². The van der Waals surface area contributed by atoms with Gasteiger partial charge in [-0.3, -0.25) is 4.90 Å². The van der Waals surface area contributed by atoms with Crippen molar-refractivity contribution in [1.29, 1.82) is 0 Å². The van der Waals surface area contributed by atoms with Crippen molar-refractivity contribution in [2.75, 3.05) is 38.6 Å². The number of halogens is 1. The molecule has 0 radical (unpaired) electrons. The topological polar surface area (TPSA) is 91.3 Å². The molecule has 0 aliphatic carbocycles. The fourth-order valence-corrected chi connectivity index (χ4v) is 4.32. The van der Waals surface area contributed by atoms with Gasteiger partial charge in [-0.25, -0.2) is 4.68 Å². The molecule has 1 saturated heterocycles. The third kappa shape index (κ3) is 4.57. The molecule has 1 aliphatic rings. The van der Waals surface area contributed by atoms with Crippen LogP contribution in [0.5, 0.6) is 11.5 Å². The molecule has 34 heavy (non-hydrogen) atoms. The Hall–Kier alpha value is -3.56. The number of benzene rings is 2. The zero-order valence-corrected chi connectivity index (χ0v) is 19.0. The number of hydrogen-bond donors (Lipinski definition) is 1. The Labute approximate surface area is 197 Å². The molecular weight excluding hydrogens is 435 g/mol. The molecule has 4 aromatic rings. The summed E-state index contributed by atoms with van der Waals surface area (Å²) in [6.45, 7) is 5.81. The van der Waals surface area contributed by atoms with Crippen LogP contribution in [0.1, 0.15) is 19.4 Å². The maximum Gasteiger partial charge on any atom is 0.312 e. The monoisotopic (exact) mass is 462 g/mol. The molecule has 8 nitrogen and oxygen atoms in total. The molecule has 2 aromatic carbocycles. The van der Waals surface area contributed by atoms with E-state index in [9.17, 15) is 4.39 Å². The van der Waals surface area contributed by atoms with Crippen molar-refractivity contribution in [2.24, 2.45) is 0 Å². The molecule has 0 spiro atoms. The van der Waals surface area contributed by atoms with Crippen molar-refractivity contribution in [1.82, 2.24) is 24.6 Å². The van der Waals surface area contributed by atoms with Gasteiger partial charge in [0.25, 0.3) is 0 Å². The quantitative estimate of drug-likeness (QED) is 0.428. The van der Waals surface area contributed by atoms with Gasteiger partial charge in [-0.05, 0) is 49.4 Å². The van der Waals surface area contributed by atoms with Gasteiger partial charge in [-0.15, -0.1) is 0 Å². The van der Waals surface area contributed by atoms with Crippen LogP contribution in [-0.2, 0) is 4.74 Å². The Balaban J connectivity index is 1.53. The molecule has 1 atom stereocenters. The lowest BCUT2D eigenvalue weighted by Gasteiger charge is -2.23. The van der Waals surface area contributed by atoms with E-state index >= 15 is 0 Å². The SMILES string of the molecule is CCCN1CCOCC(n2nc(-c3ccc(Oc4ccccc4)cc3)c3c(N)nc(F)nc32)C1. The minimum absolute atomic E-state index is 0.0633. The molecule has 176 valence electrons. The second-order valence-corrected chi connectivity index (χ2v) is 8.34. The molecular formula is C25H27FN6O2. The predicted octanol–water partition coefficient (Wildman–Crippen LogP) is 4.29. The number of hydrogen-bond acceptors (Lipinski definition) is 7. The number of aromatic nitrogens is 4. The van der Waals surface area contributed by atoms with E-state index < -0.39 is 6.08 Å². The van der Waals surface area contributed by atoms with Crippen molar-refractivity contribution in [3.05, 3.63) is 60.7 Å². The van der Waals surface area contributed by atoms with Crippen molar-refractivity contribution >= 4 is 16.9 Å². The molecule has 1 unspecified atom stereocenters. The van der Waals surface area contributed by atoms with E-state index in [4.69, 9.17) is 20.3 Å². The molecule has 2 aromatic heterocycles. The summed E-state index contributed by atoms with van der Waals surface area (Å²) in [6.07, 6.45) is 0.170. The normalized spacial score (nSPS) is 17.1. The zero-order valence-electron chi connectivity index (χ0n) is 19.0. The summed E-state index contributed by atoms with van der Waals surface area (Å²) in [5, 5.41) is 5.39. The highest BCUT2D eigenvalue weighted by molar-refractivity contribution is 5.98. The van der Waals surface area contributed by atoms with Crippen LogP contribution >= 0.6 is 0 Å². The molecule has 5 rings (SSSR count). The van der Waals surface area contributed by atoms with Gasteiger partial charge in [0.1, 0.15) is 23.0 Å². The molecule has 1 aliphatic heterocycles. The standard InChI is InChI=1S/C25H27FN6O2/c1-2-12-31-13-14-33-16-18(15-31)32-24-21(23(27)28-25(26)29-24)22(30-32)17-8-10-20(11-9-17)34-19-6-4-3-5-7-19/h3-11,18H,2,12-16H2,1H3,(H2,27,28,29). The van der Waals surface area contributed by atoms with Crippen LogP contribution in [0.3, 0.4) is 0 Å². The fourth-order valence-electron chi connectivity index (χ4n) is 4.32. The van der Waals surface area contributed by atoms with Crippen LogP contribution in [0, 0.1) is 6.08 Å². The van der Waals surface area contributed by atoms with Gasteiger partial charge in [0.2, 0.25) is 0 Å². The summed E-state index contributed by atoms with van der Waals surface area (Å²) in [4.78, 5) is 10.2. The number of nitrogen functional groups attached to an aromatic ring is 1. The molecule has 9 heteroatoms. The Morgan fingerprint density at radius 3 is 2.62 bits per heavy atom. The van der Waals surface area contributed by atoms with Gasteiger partial charge in [-0.2, -0.15) is 19.5 Å². The average Bonchev–Trinajstić information content (AvgIpc) is 3.06. The van der Waals surface area contributed by atoms with E-state index in [-0.39, 0.29) is 11.9 Å². The van der Waals surface area contributed by atoms with Gasteiger partial charge in [0, 0.05) is 18.7 Å². The summed E-state index contributed by atoms with van der Waals surface area (Å²) in [5.74, 6) is 1.51. The van der Waals surface area contributed by atoms with E-state index in [1.165, 1.54) is 0 Å². The van der Waals surface area contributed by atoms with Crippen LogP contribution in [0.25, 0.3) is 22.3 Å². The van der Waals surface area contributed by atoms with E-state index in [0.29, 0.717) is 35.7 Å². The van der Waals surface area contributed by atoms with Crippen molar-refractivity contribution in [3.63, 3.8) is 0 Å². The predicted molar refractivity (Wildman–Crippen MR) is 128 cm³/mol. The fraction of sp³-hybridized carbons (Fsp3) is 0.320. The molecule has 0 bridgehead atoms. The van der Waals surface area contributed by atoms with Crippen molar-refractivity contribution in [2.45, 2.75) is 19.4 Å². The maximum absolute atomic E-state index is 14.2. The lowest BCUT2D eigenvalue weighted by Crippen LogP contribution is -2.32. The summed E-state index contributed by atoms with van der Waals surface area (Å²) in [7, 11) is 0. The van der Waals surface area contributed by atoms with E-state index in [2.05, 4.69) is 21.8 Å².